The molecule has 0 saturated heterocycles. The molecule has 0 aromatic carbocycles. The van der Waals surface area contributed by atoms with Crippen molar-refractivity contribution in [3.8, 4) is 0 Å². The second-order valence-electron chi connectivity index (χ2n) is 0.610. The largest absolute Gasteiger partial charge is 1.00 e. The first kappa shape index (κ1) is 10.0. The molecule has 0 spiro atoms. The van der Waals surface area contributed by atoms with Crippen LogP contribution in [-0.4, -0.2) is 22.2 Å². The van der Waals surface area contributed by atoms with Crippen LogP contribution in [0.1, 0.15) is 1.43 Å². The van der Waals surface area contributed by atoms with Crippen molar-refractivity contribution < 1.29 is 50.8 Å². The number of carboxylic acids is 2. The Morgan fingerprint density at radius 2 is 1.29 bits per heavy atom. The molecule has 0 fully saturated rings. The molecule has 0 unspecified atom stereocenters. The first-order valence-electron chi connectivity index (χ1n) is 1.11. The Morgan fingerprint density at radius 3 is 1.29 bits per heavy atom. The third-order valence-electron chi connectivity index (χ3n) is 0.183. The average Bonchev–Trinajstić information content (AvgIpc) is 1.36. The molecule has 0 aliphatic carbocycles. The van der Waals surface area contributed by atoms with Gasteiger partial charge < -0.3 is 11.6 Å². The van der Waals surface area contributed by atoms with Crippen molar-refractivity contribution in [2.45, 2.75) is 0 Å². The van der Waals surface area contributed by atoms with Gasteiger partial charge in [-0.25, -0.2) is 9.59 Å². The molecule has 0 atom stereocenters. The predicted octanol–water partition coefficient (Wildman–Crippen LogP) is -3.73. The summed E-state index contributed by atoms with van der Waals surface area (Å²) in [5, 5.41) is 14.8. The number of carboxylic acid groups (broad SMARTS) is 2. The van der Waals surface area contributed by atoms with Gasteiger partial charge >= 0.3 is 41.5 Å². The first-order valence-corrected chi connectivity index (χ1v) is 1.11. The van der Waals surface area contributed by atoms with E-state index in [0.29, 0.717) is 0 Å². The van der Waals surface area contributed by atoms with Gasteiger partial charge in [-0.05, 0) is 0 Å². The van der Waals surface area contributed by atoms with Gasteiger partial charge in [-0.3, -0.25) is 0 Å². The van der Waals surface area contributed by atoms with Crippen LogP contribution in [0.2, 0.25) is 0 Å². The normalized spacial score (nSPS) is 6.29. The fourth-order valence-corrected chi connectivity index (χ4v) is 0. The molecule has 0 radical (unpaired) electrons. The van der Waals surface area contributed by atoms with Crippen molar-refractivity contribution in [2.24, 2.45) is 0 Å². The minimum atomic E-state index is -1.82. The zero-order chi connectivity index (χ0) is 5.15. The van der Waals surface area contributed by atoms with E-state index in [4.69, 9.17) is 19.8 Å². The molecule has 7 heavy (non-hydrogen) atoms. The molecule has 0 heterocycles. The second-order valence-corrected chi connectivity index (χ2v) is 0.610. The van der Waals surface area contributed by atoms with Crippen molar-refractivity contribution in [3.05, 3.63) is 0 Å². The fraction of sp³-hybridized carbons (Fsp3) is 0. The van der Waals surface area contributed by atoms with Crippen LogP contribution in [0.25, 0.3) is 0 Å². The van der Waals surface area contributed by atoms with Crippen LogP contribution in [-0.2, 0) is 9.59 Å². The average molecular weight is 114 g/mol. The Bertz CT molecular complexity index is 80.0. The molecule has 0 aliphatic heterocycles. The van der Waals surface area contributed by atoms with Crippen LogP contribution in [0.15, 0.2) is 0 Å². The Balaban J connectivity index is -0.000000125. The molecule has 2 N–H and O–H groups in total. The van der Waals surface area contributed by atoms with E-state index in [1.807, 2.05) is 0 Å². The van der Waals surface area contributed by atoms with Gasteiger partial charge in [0, 0.05) is 0 Å². The maximum absolute atomic E-state index is 9.10. The minimum absolute atomic E-state index is 0. The van der Waals surface area contributed by atoms with E-state index >= 15 is 0 Å². The van der Waals surface area contributed by atoms with Gasteiger partial charge in [-0.15, -0.1) is 0 Å². The molecular formula is C2H3NaO4. The van der Waals surface area contributed by atoms with Crippen LogP contribution in [0, 0.1) is 0 Å². The molecule has 36 valence electrons. The van der Waals surface area contributed by atoms with E-state index < -0.39 is 11.9 Å². The van der Waals surface area contributed by atoms with E-state index in [0.717, 1.165) is 0 Å². The van der Waals surface area contributed by atoms with Gasteiger partial charge in [0.05, 0.1) is 0 Å². The summed E-state index contributed by atoms with van der Waals surface area (Å²) in [6.45, 7) is 0. The number of hydrogen-bond donors (Lipinski definition) is 2. The fourth-order valence-electron chi connectivity index (χ4n) is 0. The Hall–Kier alpha value is -0.0600. The summed E-state index contributed by atoms with van der Waals surface area (Å²) < 4.78 is 0. The molecule has 0 aromatic heterocycles. The zero-order valence-electron chi connectivity index (χ0n) is 4.71. The standard InChI is InChI=1S/C2H2O4.Na.H/c3-1(4)2(5)6;;/h(H,3,4)(H,5,6);;/q;+1;-1. The van der Waals surface area contributed by atoms with Gasteiger partial charge in [0.15, 0.2) is 0 Å². The third kappa shape index (κ3) is 5.94. The second kappa shape index (κ2) is 4.11. The first-order chi connectivity index (χ1) is 2.64. The maximum Gasteiger partial charge on any atom is 1.00 e. The summed E-state index contributed by atoms with van der Waals surface area (Å²) in [4.78, 5) is 18.2. The number of carbonyl (C=O) groups is 2. The van der Waals surface area contributed by atoms with Crippen LogP contribution in [0.4, 0.5) is 0 Å². The number of aliphatic carboxylic acids is 2. The van der Waals surface area contributed by atoms with Crippen LogP contribution < -0.4 is 29.6 Å². The van der Waals surface area contributed by atoms with Crippen molar-refractivity contribution in [2.75, 3.05) is 0 Å². The van der Waals surface area contributed by atoms with Crippen LogP contribution >= 0.6 is 0 Å². The van der Waals surface area contributed by atoms with E-state index in [-0.39, 0.29) is 31.0 Å². The Labute approximate surface area is 62.9 Å². The van der Waals surface area contributed by atoms with Crippen LogP contribution in [0.3, 0.4) is 0 Å². The molecule has 5 heteroatoms. The molecule has 0 bridgehead atoms. The molecule has 0 aliphatic rings. The van der Waals surface area contributed by atoms with E-state index in [2.05, 4.69) is 0 Å². The SMILES string of the molecule is O=C(O)C(=O)O.[H-].[Na+]. The molecule has 0 aromatic rings. The van der Waals surface area contributed by atoms with E-state index in [1.165, 1.54) is 0 Å². The minimum Gasteiger partial charge on any atom is -1.00 e. The maximum atomic E-state index is 9.10. The van der Waals surface area contributed by atoms with Gasteiger partial charge in [-0.1, -0.05) is 0 Å². The summed E-state index contributed by atoms with van der Waals surface area (Å²) in [5.41, 5.74) is 0. The van der Waals surface area contributed by atoms with Crippen molar-refractivity contribution in [1.82, 2.24) is 0 Å². The summed E-state index contributed by atoms with van der Waals surface area (Å²) in [5.74, 6) is -3.65. The van der Waals surface area contributed by atoms with Crippen molar-refractivity contribution >= 4 is 11.9 Å². The summed E-state index contributed by atoms with van der Waals surface area (Å²) in [6, 6.07) is 0. The predicted molar refractivity (Wildman–Crippen MR) is 16.4 cm³/mol. The summed E-state index contributed by atoms with van der Waals surface area (Å²) in [7, 11) is 0. The topological polar surface area (TPSA) is 74.6 Å². The third-order valence-corrected chi connectivity index (χ3v) is 0.183. The van der Waals surface area contributed by atoms with Gasteiger partial charge in [0.1, 0.15) is 0 Å². The van der Waals surface area contributed by atoms with Crippen molar-refractivity contribution in [1.29, 1.82) is 0 Å². The monoisotopic (exact) mass is 114 g/mol. The summed E-state index contributed by atoms with van der Waals surface area (Å²) in [6.07, 6.45) is 0. The van der Waals surface area contributed by atoms with E-state index in [9.17, 15) is 0 Å². The number of rotatable bonds is 0. The smallest absolute Gasteiger partial charge is 1.00 e. The Morgan fingerprint density at radius 1 is 1.14 bits per heavy atom. The molecular weight excluding hydrogens is 111 g/mol. The van der Waals surface area contributed by atoms with Crippen molar-refractivity contribution in [3.63, 3.8) is 0 Å². The zero-order valence-corrected chi connectivity index (χ0v) is 5.71. The van der Waals surface area contributed by atoms with E-state index in [1.54, 1.807) is 0 Å². The molecule has 4 nitrogen and oxygen atoms in total. The van der Waals surface area contributed by atoms with Gasteiger partial charge in [0.2, 0.25) is 0 Å². The summed E-state index contributed by atoms with van der Waals surface area (Å²) >= 11 is 0. The molecule has 0 amide bonds. The quantitative estimate of drug-likeness (QED) is 0.251. The molecule has 0 saturated carbocycles. The number of hydrogen-bond acceptors (Lipinski definition) is 2. The Kier molecular flexibility index (Phi) is 5.89. The molecule has 0 rings (SSSR count). The van der Waals surface area contributed by atoms with Gasteiger partial charge in [0.25, 0.3) is 0 Å². The van der Waals surface area contributed by atoms with Gasteiger partial charge in [-0.2, -0.15) is 0 Å². The van der Waals surface area contributed by atoms with Crippen LogP contribution in [0.5, 0.6) is 0 Å².